The SMILES string of the molecule is Cc1ccc(CN2CCC[C@H](Nc3cccc4cnccc34)C2)cc1.[HH]. The lowest BCUT2D eigenvalue weighted by atomic mass is 10.0. The number of pyridine rings is 1. The van der Waals surface area contributed by atoms with Crippen LogP contribution in [0.3, 0.4) is 0 Å². The molecule has 0 amide bonds. The molecule has 4 rings (SSSR count). The number of rotatable bonds is 4. The van der Waals surface area contributed by atoms with Gasteiger partial charge in [0.1, 0.15) is 0 Å². The van der Waals surface area contributed by atoms with E-state index in [1.165, 1.54) is 47.0 Å². The maximum absolute atomic E-state index is 4.23. The normalized spacial score (nSPS) is 18.4. The van der Waals surface area contributed by atoms with E-state index in [-0.39, 0.29) is 1.43 Å². The van der Waals surface area contributed by atoms with Crippen LogP contribution in [0.5, 0.6) is 0 Å². The zero-order valence-electron chi connectivity index (χ0n) is 14.8. The molecule has 1 N–H and O–H groups in total. The van der Waals surface area contributed by atoms with Crippen LogP contribution in [0.1, 0.15) is 25.4 Å². The van der Waals surface area contributed by atoms with Gasteiger partial charge in [0.2, 0.25) is 0 Å². The van der Waals surface area contributed by atoms with Crippen molar-refractivity contribution in [3.63, 3.8) is 0 Å². The van der Waals surface area contributed by atoms with Gasteiger partial charge in [0.25, 0.3) is 0 Å². The van der Waals surface area contributed by atoms with E-state index in [0.717, 1.165) is 13.1 Å². The highest BCUT2D eigenvalue weighted by Gasteiger charge is 2.20. The number of fused-ring (bicyclic) bond motifs is 1. The molecule has 3 heteroatoms. The fourth-order valence-electron chi connectivity index (χ4n) is 3.74. The molecule has 0 radical (unpaired) electrons. The van der Waals surface area contributed by atoms with E-state index < -0.39 is 0 Å². The van der Waals surface area contributed by atoms with E-state index in [1.54, 1.807) is 0 Å². The van der Waals surface area contributed by atoms with Gasteiger partial charge in [0.15, 0.2) is 0 Å². The van der Waals surface area contributed by atoms with Gasteiger partial charge in [0.05, 0.1) is 0 Å². The summed E-state index contributed by atoms with van der Waals surface area (Å²) in [4.78, 5) is 6.80. The second-order valence-corrected chi connectivity index (χ2v) is 7.11. The monoisotopic (exact) mass is 333 g/mol. The lowest BCUT2D eigenvalue weighted by molar-refractivity contribution is 0.208. The molecule has 1 aliphatic heterocycles. The molecule has 3 nitrogen and oxygen atoms in total. The van der Waals surface area contributed by atoms with Crippen LogP contribution in [0.4, 0.5) is 5.69 Å². The topological polar surface area (TPSA) is 28.2 Å². The van der Waals surface area contributed by atoms with Gasteiger partial charge in [-0.3, -0.25) is 9.88 Å². The number of anilines is 1. The summed E-state index contributed by atoms with van der Waals surface area (Å²) in [6.07, 6.45) is 6.28. The summed E-state index contributed by atoms with van der Waals surface area (Å²) in [5.41, 5.74) is 3.96. The van der Waals surface area contributed by atoms with Gasteiger partial charge >= 0.3 is 0 Å². The van der Waals surface area contributed by atoms with Gasteiger partial charge in [-0.15, -0.1) is 0 Å². The molecule has 2 aromatic carbocycles. The quantitative estimate of drug-likeness (QED) is 0.738. The minimum absolute atomic E-state index is 0. The number of nitrogens with one attached hydrogen (secondary N) is 1. The van der Waals surface area contributed by atoms with E-state index in [1.807, 2.05) is 12.4 Å². The summed E-state index contributed by atoms with van der Waals surface area (Å²) in [6.45, 7) is 5.46. The van der Waals surface area contributed by atoms with Crippen molar-refractivity contribution < 1.29 is 1.43 Å². The first-order chi connectivity index (χ1) is 12.3. The third-order valence-corrected chi connectivity index (χ3v) is 5.07. The van der Waals surface area contributed by atoms with Gasteiger partial charge in [-0.2, -0.15) is 0 Å². The van der Waals surface area contributed by atoms with Crippen molar-refractivity contribution in [1.29, 1.82) is 0 Å². The molecule has 0 unspecified atom stereocenters. The molecule has 130 valence electrons. The molecule has 0 bridgehead atoms. The summed E-state index contributed by atoms with van der Waals surface area (Å²) >= 11 is 0. The maximum Gasteiger partial charge on any atom is 0.0423 e. The van der Waals surface area contributed by atoms with Gasteiger partial charge < -0.3 is 5.32 Å². The lowest BCUT2D eigenvalue weighted by Gasteiger charge is -2.34. The van der Waals surface area contributed by atoms with E-state index in [2.05, 4.69) is 70.7 Å². The Labute approximate surface area is 151 Å². The molecule has 25 heavy (non-hydrogen) atoms. The van der Waals surface area contributed by atoms with E-state index in [9.17, 15) is 0 Å². The molecular formula is C22H27N3. The molecule has 1 aromatic heterocycles. The highest BCUT2D eigenvalue weighted by Crippen LogP contribution is 2.25. The molecule has 1 aliphatic rings. The van der Waals surface area contributed by atoms with Crippen molar-refractivity contribution in [3.8, 4) is 0 Å². The van der Waals surface area contributed by atoms with Crippen LogP contribution in [0, 0.1) is 6.92 Å². The molecular weight excluding hydrogens is 306 g/mol. The van der Waals surface area contributed by atoms with Crippen molar-refractivity contribution in [2.45, 2.75) is 32.4 Å². The Bertz CT molecular complexity index is 842. The first-order valence-electron chi connectivity index (χ1n) is 9.15. The van der Waals surface area contributed by atoms with Crippen LogP contribution in [0.25, 0.3) is 10.8 Å². The average molecular weight is 333 g/mol. The Morgan fingerprint density at radius 2 is 2.04 bits per heavy atom. The maximum atomic E-state index is 4.23. The number of aromatic nitrogens is 1. The fourth-order valence-corrected chi connectivity index (χ4v) is 3.74. The summed E-state index contributed by atoms with van der Waals surface area (Å²) in [5.74, 6) is 0. The Hall–Kier alpha value is -2.39. The van der Waals surface area contributed by atoms with Crippen molar-refractivity contribution in [3.05, 3.63) is 72.1 Å². The highest BCUT2D eigenvalue weighted by atomic mass is 15.2. The first-order valence-corrected chi connectivity index (χ1v) is 9.15. The number of hydrogen-bond donors (Lipinski definition) is 1. The van der Waals surface area contributed by atoms with Crippen LogP contribution in [-0.2, 0) is 6.54 Å². The summed E-state index contributed by atoms with van der Waals surface area (Å²) in [6, 6.07) is 17.9. The zero-order valence-corrected chi connectivity index (χ0v) is 14.8. The smallest absolute Gasteiger partial charge is 0.0423 e. The molecule has 0 saturated carbocycles. The molecule has 0 spiro atoms. The summed E-state index contributed by atoms with van der Waals surface area (Å²) in [5, 5.41) is 6.23. The third kappa shape index (κ3) is 3.83. The van der Waals surface area contributed by atoms with Crippen molar-refractivity contribution in [1.82, 2.24) is 9.88 Å². The Morgan fingerprint density at radius 3 is 2.92 bits per heavy atom. The fraction of sp³-hybridized carbons (Fsp3) is 0.318. The predicted octanol–water partition coefficient (Wildman–Crippen LogP) is 4.87. The molecule has 1 fully saturated rings. The zero-order chi connectivity index (χ0) is 17.1. The predicted molar refractivity (Wildman–Crippen MR) is 107 cm³/mol. The molecule has 3 aromatic rings. The second-order valence-electron chi connectivity index (χ2n) is 7.11. The van der Waals surface area contributed by atoms with Crippen LogP contribution >= 0.6 is 0 Å². The number of benzene rings is 2. The Balaban J connectivity index is 0.00000196. The van der Waals surface area contributed by atoms with Crippen molar-refractivity contribution in [2.75, 3.05) is 18.4 Å². The highest BCUT2D eigenvalue weighted by molar-refractivity contribution is 5.93. The molecule has 1 saturated heterocycles. The summed E-state index contributed by atoms with van der Waals surface area (Å²) in [7, 11) is 0. The average Bonchev–Trinajstić information content (AvgIpc) is 2.64. The number of piperidine rings is 1. The van der Waals surface area contributed by atoms with E-state index >= 15 is 0 Å². The largest absolute Gasteiger partial charge is 0.381 e. The number of aryl methyl sites for hydroxylation is 1. The van der Waals surface area contributed by atoms with Crippen LogP contribution in [0.15, 0.2) is 60.9 Å². The van der Waals surface area contributed by atoms with Gasteiger partial charge in [-0.1, -0.05) is 42.0 Å². The van der Waals surface area contributed by atoms with Crippen LogP contribution < -0.4 is 5.32 Å². The van der Waals surface area contributed by atoms with Gasteiger partial charge in [-0.25, -0.2) is 0 Å². The van der Waals surface area contributed by atoms with Gasteiger partial charge in [-0.05, 0) is 44.0 Å². The minimum Gasteiger partial charge on any atom is -0.381 e. The van der Waals surface area contributed by atoms with E-state index in [0.29, 0.717) is 6.04 Å². The summed E-state index contributed by atoms with van der Waals surface area (Å²) < 4.78 is 0. The lowest BCUT2D eigenvalue weighted by Crippen LogP contribution is -2.41. The van der Waals surface area contributed by atoms with Gasteiger partial charge in [0, 0.05) is 49.4 Å². The Kier molecular flexibility index (Phi) is 4.66. The standard InChI is InChI=1S/C22H25N3.H2/c1-17-7-9-18(10-8-17)15-25-13-3-5-20(16-25)24-22-6-2-4-19-14-23-12-11-21(19)22;/h2,4,6-12,14,20,24H,3,5,13,15-16H2,1H3;1H/t20-;/m0./s1. The molecule has 0 aliphatic carbocycles. The van der Waals surface area contributed by atoms with Crippen LogP contribution in [0.2, 0.25) is 0 Å². The minimum atomic E-state index is 0. The number of likely N-dealkylation sites (tertiary alicyclic amines) is 1. The molecule has 2 heterocycles. The Morgan fingerprint density at radius 1 is 1.16 bits per heavy atom. The third-order valence-electron chi connectivity index (χ3n) is 5.07. The second kappa shape index (κ2) is 7.24. The van der Waals surface area contributed by atoms with Crippen LogP contribution in [-0.4, -0.2) is 29.0 Å². The number of nitrogens with zero attached hydrogens (tertiary/aromatic N) is 2. The molecule has 1 atom stereocenters. The number of hydrogen-bond acceptors (Lipinski definition) is 3. The van der Waals surface area contributed by atoms with Crippen molar-refractivity contribution in [2.24, 2.45) is 0 Å². The van der Waals surface area contributed by atoms with Crippen molar-refractivity contribution >= 4 is 16.5 Å². The van der Waals surface area contributed by atoms with E-state index in [4.69, 9.17) is 0 Å². The first kappa shape index (κ1) is 16.1.